The quantitative estimate of drug-likeness (QED) is 0.803. The molecule has 0 spiro atoms. The Hall–Kier alpha value is -2.06. The van der Waals surface area contributed by atoms with Crippen molar-refractivity contribution in [3.63, 3.8) is 0 Å². The van der Waals surface area contributed by atoms with Gasteiger partial charge in [-0.1, -0.05) is 13.8 Å². The molecule has 1 aromatic rings. The molecule has 0 aliphatic rings. The molecule has 108 valence electrons. The molecular weight excluding hydrogens is 256 g/mol. The lowest BCUT2D eigenvalue weighted by atomic mass is 10.0. The van der Waals surface area contributed by atoms with Crippen LogP contribution in [0, 0.1) is 17.2 Å². The molecule has 0 saturated heterocycles. The average molecular weight is 276 g/mol. The molecular formula is C15H20N2O3. The Morgan fingerprint density at radius 3 is 2.60 bits per heavy atom. The van der Waals surface area contributed by atoms with Crippen LogP contribution in [0.3, 0.4) is 0 Å². The van der Waals surface area contributed by atoms with Gasteiger partial charge in [0.25, 0.3) is 0 Å². The molecule has 20 heavy (non-hydrogen) atoms. The zero-order valence-corrected chi connectivity index (χ0v) is 12.3. The van der Waals surface area contributed by atoms with Crippen LogP contribution in [0.5, 0.6) is 5.75 Å². The molecule has 0 aliphatic carbocycles. The minimum atomic E-state index is -0.393. The van der Waals surface area contributed by atoms with Gasteiger partial charge >= 0.3 is 5.97 Å². The van der Waals surface area contributed by atoms with Crippen LogP contribution in [0.2, 0.25) is 0 Å². The van der Waals surface area contributed by atoms with Gasteiger partial charge in [0.15, 0.2) is 0 Å². The number of methoxy groups -OCH3 is 2. The monoisotopic (exact) mass is 276 g/mol. The number of nitrogens with one attached hydrogen (secondary N) is 1. The molecule has 0 aliphatic heterocycles. The number of carbonyl (C=O) groups is 1. The Balaban J connectivity index is 2.87. The SMILES string of the molecule is COC(=O)C(NCc1cc(C#N)ccc1OC)C(C)C. The Bertz CT molecular complexity index is 506. The summed E-state index contributed by atoms with van der Waals surface area (Å²) in [6.07, 6.45) is 0. The Kier molecular flexibility index (Phi) is 6.01. The van der Waals surface area contributed by atoms with E-state index in [0.29, 0.717) is 17.9 Å². The second kappa shape index (κ2) is 7.51. The number of benzene rings is 1. The van der Waals surface area contributed by atoms with E-state index < -0.39 is 6.04 Å². The van der Waals surface area contributed by atoms with Crippen LogP contribution in [0.15, 0.2) is 18.2 Å². The number of hydrogen-bond acceptors (Lipinski definition) is 5. The maximum atomic E-state index is 11.7. The van der Waals surface area contributed by atoms with Crippen molar-refractivity contribution >= 4 is 5.97 Å². The van der Waals surface area contributed by atoms with Crippen molar-refractivity contribution in [2.24, 2.45) is 5.92 Å². The van der Waals surface area contributed by atoms with Gasteiger partial charge in [0.2, 0.25) is 0 Å². The fourth-order valence-electron chi connectivity index (χ4n) is 1.92. The van der Waals surface area contributed by atoms with Gasteiger partial charge in [-0.25, -0.2) is 0 Å². The highest BCUT2D eigenvalue weighted by Gasteiger charge is 2.22. The maximum Gasteiger partial charge on any atom is 0.323 e. The van der Waals surface area contributed by atoms with E-state index in [9.17, 15) is 4.79 Å². The normalized spacial score (nSPS) is 11.8. The minimum Gasteiger partial charge on any atom is -0.496 e. The largest absolute Gasteiger partial charge is 0.496 e. The molecule has 0 radical (unpaired) electrons. The van der Waals surface area contributed by atoms with Crippen molar-refractivity contribution in [2.45, 2.75) is 26.4 Å². The van der Waals surface area contributed by atoms with Gasteiger partial charge in [0, 0.05) is 12.1 Å². The summed E-state index contributed by atoms with van der Waals surface area (Å²) < 4.78 is 10.0. The third kappa shape index (κ3) is 3.97. The summed E-state index contributed by atoms with van der Waals surface area (Å²) in [5.41, 5.74) is 1.39. The Morgan fingerprint density at radius 1 is 1.40 bits per heavy atom. The standard InChI is InChI=1S/C15H20N2O3/c1-10(2)14(15(18)20-4)17-9-12-7-11(8-16)5-6-13(12)19-3/h5-7,10,14,17H,9H2,1-4H3. The third-order valence-corrected chi connectivity index (χ3v) is 3.04. The topological polar surface area (TPSA) is 71.3 Å². The van der Waals surface area contributed by atoms with Crippen molar-refractivity contribution in [3.05, 3.63) is 29.3 Å². The first-order valence-corrected chi connectivity index (χ1v) is 6.41. The maximum absolute atomic E-state index is 11.7. The molecule has 0 saturated carbocycles. The molecule has 0 aromatic heterocycles. The van der Waals surface area contributed by atoms with Gasteiger partial charge in [0.05, 0.1) is 25.9 Å². The van der Waals surface area contributed by atoms with Crippen LogP contribution in [0.1, 0.15) is 25.0 Å². The van der Waals surface area contributed by atoms with E-state index in [2.05, 4.69) is 11.4 Å². The molecule has 0 heterocycles. The first kappa shape index (κ1) is 16.0. The predicted molar refractivity (Wildman–Crippen MR) is 75.2 cm³/mol. The van der Waals surface area contributed by atoms with Gasteiger partial charge in [-0.05, 0) is 24.1 Å². The van der Waals surface area contributed by atoms with Crippen LogP contribution in [0.4, 0.5) is 0 Å². The first-order chi connectivity index (χ1) is 9.53. The lowest BCUT2D eigenvalue weighted by molar-refractivity contribution is -0.144. The molecule has 5 heteroatoms. The molecule has 0 amide bonds. The highest BCUT2D eigenvalue weighted by molar-refractivity contribution is 5.75. The summed E-state index contributed by atoms with van der Waals surface area (Å²) in [6, 6.07) is 6.89. The summed E-state index contributed by atoms with van der Waals surface area (Å²) in [6.45, 7) is 4.31. The van der Waals surface area contributed by atoms with Gasteiger partial charge in [-0.15, -0.1) is 0 Å². The van der Waals surface area contributed by atoms with E-state index in [1.807, 2.05) is 13.8 Å². The van der Waals surface area contributed by atoms with E-state index in [4.69, 9.17) is 14.7 Å². The fourth-order valence-corrected chi connectivity index (χ4v) is 1.92. The first-order valence-electron chi connectivity index (χ1n) is 6.41. The van der Waals surface area contributed by atoms with Gasteiger partial charge in [0.1, 0.15) is 11.8 Å². The number of hydrogen-bond donors (Lipinski definition) is 1. The van der Waals surface area contributed by atoms with Crippen molar-refractivity contribution in [1.29, 1.82) is 5.26 Å². The van der Waals surface area contributed by atoms with E-state index in [0.717, 1.165) is 5.56 Å². The number of ether oxygens (including phenoxy) is 2. The number of nitriles is 1. The van der Waals surface area contributed by atoms with Crippen LogP contribution in [0.25, 0.3) is 0 Å². The van der Waals surface area contributed by atoms with Crippen LogP contribution in [-0.2, 0) is 16.1 Å². The molecule has 1 unspecified atom stereocenters. The minimum absolute atomic E-state index is 0.104. The molecule has 0 bridgehead atoms. The van der Waals surface area contributed by atoms with E-state index in [1.54, 1.807) is 25.3 Å². The number of rotatable bonds is 6. The molecule has 1 N–H and O–H groups in total. The van der Waals surface area contributed by atoms with E-state index >= 15 is 0 Å². The summed E-state index contributed by atoms with van der Waals surface area (Å²) in [7, 11) is 2.95. The predicted octanol–water partition coefficient (Wildman–Crippen LogP) is 1.85. The summed E-state index contributed by atoms with van der Waals surface area (Å²) in [5, 5.41) is 12.1. The summed E-state index contributed by atoms with van der Waals surface area (Å²) in [5.74, 6) is 0.492. The van der Waals surface area contributed by atoms with Crippen molar-refractivity contribution in [3.8, 4) is 11.8 Å². The number of carbonyl (C=O) groups excluding carboxylic acids is 1. The highest BCUT2D eigenvalue weighted by Crippen LogP contribution is 2.20. The van der Waals surface area contributed by atoms with Gasteiger partial charge in [-0.2, -0.15) is 5.26 Å². The zero-order chi connectivity index (χ0) is 15.1. The molecule has 0 fully saturated rings. The third-order valence-electron chi connectivity index (χ3n) is 3.04. The van der Waals surface area contributed by atoms with Gasteiger partial charge in [-0.3, -0.25) is 10.1 Å². The summed E-state index contributed by atoms with van der Waals surface area (Å²) in [4.78, 5) is 11.7. The van der Waals surface area contributed by atoms with Crippen molar-refractivity contribution in [2.75, 3.05) is 14.2 Å². The molecule has 1 aromatic carbocycles. The van der Waals surface area contributed by atoms with Crippen LogP contribution < -0.4 is 10.1 Å². The van der Waals surface area contributed by atoms with Crippen molar-refractivity contribution in [1.82, 2.24) is 5.32 Å². The van der Waals surface area contributed by atoms with Crippen LogP contribution in [-0.4, -0.2) is 26.2 Å². The second-order valence-electron chi connectivity index (χ2n) is 4.76. The van der Waals surface area contributed by atoms with E-state index in [-0.39, 0.29) is 11.9 Å². The lowest BCUT2D eigenvalue weighted by Gasteiger charge is -2.20. The van der Waals surface area contributed by atoms with Crippen LogP contribution >= 0.6 is 0 Å². The highest BCUT2D eigenvalue weighted by atomic mass is 16.5. The molecule has 1 rings (SSSR count). The average Bonchev–Trinajstić information content (AvgIpc) is 2.46. The molecule has 1 atom stereocenters. The second-order valence-corrected chi connectivity index (χ2v) is 4.76. The zero-order valence-electron chi connectivity index (χ0n) is 12.3. The van der Waals surface area contributed by atoms with E-state index in [1.165, 1.54) is 7.11 Å². The fraction of sp³-hybridized carbons (Fsp3) is 0.467. The number of esters is 1. The number of nitrogens with zero attached hydrogens (tertiary/aromatic N) is 1. The Morgan fingerprint density at radius 2 is 2.10 bits per heavy atom. The Labute approximate surface area is 119 Å². The lowest BCUT2D eigenvalue weighted by Crippen LogP contribution is -2.41. The van der Waals surface area contributed by atoms with Crippen molar-refractivity contribution < 1.29 is 14.3 Å². The molecule has 5 nitrogen and oxygen atoms in total. The smallest absolute Gasteiger partial charge is 0.323 e. The van der Waals surface area contributed by atoms with Gasteiger partial charge < -0.3 is 9.47 Å². The summed E-state index contributed by atoms with van der Waals surface area (Å²) >= 11 is 0.